The highest BCUT2D eigenvalue weighted by molar-refractivity contribution is 5.68. The number of nitrogens with one attached hydrogen (secondary N) is 1. The number of hydrogen-bond donors (Lipinski definition) is 2. The van der Waals surface area contributed by atoms with Crippen molar-refractivity contribution in [2.45, 2.75) is 45.3 Å². The van der Waals surface area contributed by atoms with Gasteiger partial charge in [0.2, 0.25) is 0 Å². The third-order valence-electron chi connectivity index (χ3n) is 4.21. The lowest BCUT2D eigenvalue weighted by Crippen LogP contribution is -2.47. The highest BCUT2D eigenvalue weighted by atomic mass is 16.6. The molecule has 0 aliphatic carbocycles. The molecule has 0 bridgehead atoms. The number of benzene rings is 1. The van der Waals surface area contributed by atoms with Crippen LogP contribution in [-0.2, 0) is 9.47 Å². The average Bonchev–Trinajstić information content (AvgIpc) is 2.52. The highest BCUT2D eigenvalue weighted by Crippen LogP contribution is 2.42. The molecule has 2 rings (SSSR count). The van der Waals surface area contributed by atoms with Crippen LogP contribution < -0.4 is 5.32 Å². The molecule has 23 heavy (non-hydrogen) atoms. The summed E-state index contributed by atoms with van der Waals surface area (Å²) in [5.74, 6) is 0. The van der Waals surface area contributed by atoms with Crippen LogP contribution in [0.25, 0.3) is 0 Å². The Morgan fingerprint density at radius 2 is 1.91 bits per heavy atom. The Morgan fingerprint density at radius 1 is 1.30 bits per heavy atom. The number of rotatable bonds is 4. The van der Waals surface area contributed by atoms with Crippen LogP contribution in [0.1, 0.15) is 45.2 Å². The number of hydrogen-bond acceptors (Lipinski definition) is 4. The lowest BCUT2D eigenvalue weighted by atomic mass is 9.72. The Bertz CT molecular complexity index is 504. The third-order valence-corrected chi connectivity index (χ3v) is 4.21. The van der Waals surface area contributed by atoms with Crippen molar-refractivity contribution in [2.24, 2.45) is 5.41 Å². The minimum Gasteiger partial charge on any atom is -0.444 e. The molecule has 1 aliphatic rings. The van der Waals surface area contributed by atoms with E-state index in [1.807, 2.05) is 51.1 Å². The van der Waals surface area contributed by atoms with Gasteiger partial charge in [0, 0.05) is 18.6 Å². The maximum Gasteiger partial charge on any atom is 0.408 e. The first-order chi connectivity index (χ1) is 10.9. The van der Waals surface area contributed by atoms with Crippen LogP contribution >= 0.6 is 0 Å². The molecular weight excluding hydrogens is 294 g/mol. The van der Waals surface area contributed by atoms with E-state index in [1.165, 1.54) is 0 Å². The van der Waals surface area contributed by atoms with E-state index in [4.69, 9.17) is 9.47 Å². The SMILES string of the molecule is CC(C)(C)OC(=O)NC(c1ccccc1)C1(CO)CCOCC1. The van der Waals surface area contributed by atoms with Crippen molar-refractivity contribution in [3.05, 3.63) is 35.9 Å². The summed E-state index contributed by atoms with van der Waals surface area (Å²) >= 11 is 0. The van der Waals surface area contributed by atoms with Crippen molar-refractivity contribution in [2.75, 3.05) is 19.8 Å². The Morgan fingerprint density at radius 3 is 2.43 bits per heavy atom. The zero-order valence-corrected chi connectivity index (χ0v) is 14.2. The zero-order chi connectivity index (χ0) is 16.9. The maximum absolute atomic E-state index is 12.3. The van der Waals surface area contributed by atoms with Gasteiger partial charge < -0.3 is 19.9 Å². The van der Waals surface area contributed by atoms with E-state index in [0.717, 1.165) is 5.56 Å². The van der Waals surface area contributed by atoms with E-state index in [1.54, 1.807) is 0 Å². The molecule has 1 aliphatic heterocycles. The van der Waals surface area contributed by atoms with Crippen molar-refractivity contribution in [1.82, 2.24) is 5.32 Å². The second-order valence-corrected chi connectivity index (χ2v) is 7.12. The monoisotopic (exact) mass is 321 g/mol. The van der Waals surface area contributed by atoms with Crippen LogP contribution in [0.3, 0.4) is 0 Å². The summed E-state index contributed by atoms with van der Waals surface area (Å²) in [5.41, 5.74) is -0.0292. The number of alkyl carbamates (subject to hydrolysis) is 1. The Kier molecular flexibility index (Phi) is 5.65. The highest BCUT2D eigenvalue weighted by Gasteiger charge is 2.42. The van der Waals surface area contributed by atoms with Crippen LogP contribution in [0, 0.1) is 5.41 Å². The van der Waals surface area contributed by atoms with Gasteiger partial charge in [-0.2, -0.15) is 0 Å². The average molecular weight is 321 g/mol. The summed E-state index contributed by atoms with van der Waals surface area (Å²) < 4.78 is 10.9. The molecule has 1 atom stereocenters. The van der Waals surface area contributed by atoms with Gasteiger partial charge >= 0.3 is 6.09 Å². The van der Waals surface area contributed by atoms with Crippen LogP contribution in [0.2, 0.25) is 0 Å². The quantitative estimate of drug-likeness (QED) is 0.894. The maximum atomic E-state index is 12.3. The molecular formula is C18H27NO4. The normalized spacial score (nSPS) is 19.0. The minimum atomic E-state index is -0.562. The molecule has 1 aromatic carbocycles. The van der Waals surface area contributed by atoms with Crippen molar-refractivity contribution < 1.29 is 19.4 Å². The third kappa shape index (κ3) is 4.69. The summed E-state index contributed by atoms with van der Waals surface area (Å²) in [7, 11) is 0. The molecule has 1 heterocycles. The van der Waals surface area contributed by atoms with E-state index in [0.29, 0.717) is 26.1 Å². The number of carbonyl (C=O) groups excluding carboxylic acids is 1. The molecule has 5 nitrogen and oxygen atoms in total. The topological polar surface area (TPSA) is 67.8 Å². The van der Waals surface area contributed by atoms with Crippen molar-refractivity contribution in [3.63, 3.8) is 0 Å². The predicted octanol–water partition coefficient (Wildman–Crippen LogP) is 3.04. The van der Waals surface area contributed by atoms with Gasteiger partial charge in [-0.3, -0.25) is 0 Å². The van der Waals surface area contributed by atoms with Gasteiger partial charge in [-0.25, -0.2) is 4.79 Å². The van der Waals surface area contributed by atoms with Crippen LogP contribution in [-0.4, -0.2) is 36.6 Å². The first-order valence-electron chi connectivity index (χ1n) is 8.09. The molecule has 1 saturated heterocycles. The minimum absolute atomic E-state index is 0.00822. The second kappa shape index (κ2) is 7.32. The van der Waals surface area contributed by atoms with Crippen LogP contribution in [0.5, 0.6) is 0 Å². The molecule has 0 saturated carbocycles. The van der Waals surface area contributed by atoms with Crippen LogP contribution in [0.4, 0.5) is 4.79 Å². The molecule has 1 fully saturated rings. The molecule has 1 amide bonds. The van der Waals surface area contributed by atoms with Crippen molar-refractivity contribution in [3.8, 4) is 0 Å². The molecule has 0 radical (unpaired) electrons. The summed E-state index contributed by atoms with van der Waals surface area (Å²) in [6.07, 6.45) is 0.920. The largest absolute Gasteiger partial charge is 0.444 e. The van der Waals surface area contributed by atoms with E-state index < -0.39 is 17.1 Å². The molecule has 128 valence electrons. The van der Waals surface area contributed by atoms with Gasteiger partial charge in [0.25, 0.3) is 0 Å². The van der Waals surface area contributed by atoms with E-state index in [2.05, 4.69) is 5.32 Å². The van der Waals surface area contributed by atoms with Gasteiger partial charge in [-0.05, 0) is 39.2 Å². The number of ether oxygens (including phenoxy) is 2. The zero-order valence-electron chi connectivity index (χ0n) is 14.2. The number of amides is 1. The fourth-order valence-electron chi connectivity index (χ4n) is 2.98. The molecule has 0 spiro atoms. The predicted molar refractivity (Wildman–Crippen MR) is 88.1 cm³/mol. The summed E-state index contributed by atoms with van der Waals surface area (Å²) in [6.45, 7) is 6.66. The van der Waals surface area contributed by atoms with Gasteiger partial charge in [0.05, 0.1) is 12.6 Å². The van der Waals surface area contributed by atoms with Crippen molar-refractivity contribution >= 4 is 6.09 Å². The second-order valence-electron chi connectivity index (χ2n) is 7.12. The van der Waals surface area contributed by atoms with E-state index >= 15 is 0 Å². The Hall–Kier alpha value is -1.59. The fraction of sp³-hybridized carbons (Fsp3) is 0.611. The van der Waals surface area contributed by atoms with Gasteiger partial charge in [-0.15, -0.1) is 0 Å². The lowest BCUT2D eigenvalue weighted by Gasteiger charge is -2.42. The summed E-state index contributed by atoms with van der Waals surface area (Å²) in [5, 5.41) is 13.0. The van der Waals surface area contributed by atoms with E-state index in [-0.39, 0.29) is 12.6 Å². The fourth-order valence-corrected chi connectivity index (χ4v) is 2.98. The summed E-state index contributed by atoms with van der Waals surface area (Å²) in [4.78, 5) is 12.3. The number of aliphatic hydroxyl groups excluding tert-OH is 1. The first-order valence-corrected chi connectivity index (χ1v) is 8.09. The lowest BCUT2D eigenvalue weighted by molar-refractivity contribution is -0.0404. The van der Waals surface area contributed by atoms with Gasteiger partial charge in [0.15, 0.2) is 0 Å². The smallest absolute Gasteiger partial charge is 0.408 e. The van der Waals surface area contributed by atoms with Crippen molar-refractivity contribution in [1.29, 1.82) is 0 Å². The summed E-state index contributed by atoms with van der Waals surface area (Å²) in [6, 6.07) is 9.42. The van der Waals surface area contributed by atoms with Crippen LogP contribution in [0.15, 0.2) is 30.3 Å². The Labute approximate surface area is 138 Å². The van der Waals surface area contributed by atoms with E-state index in [9.17, 15) is 9.90 Å². The van der Waals surface area contributed by atoms with Gasteiger partial charge in [-0.1, -0.05) is 30.3 Å². The molecule has 5 heteroatoms. The molecule has 0 aromatic heterocycles. The molecule has 2 N–H and O–H groups in total. The first kappa shape index (κ1) is 17.8. The van der Waals surface area contributed by atoms with Gasteiger partial charge in [0.1, 0.15) is 5.60 Å². The molecule has 1 unspecified atom stereocenters. The Balaban J connectivity index is 2.27. The number of carbonyl (C=O) groups is 1. The number of aliphatic hydroxyl groups is 1. The molecule has 1 aromatic rings. The standard InChI is InChI=1S/C18H27NO4/c1-17(2,3)23-16(21)19-15(14-7-5-4-6-8-14)18(13-20)9-11-22-12-10-18/h4-8,15,20H,9-13H2,1-3H3,(H,19,21).